The minimum atomic E-state index is -0.578. The Kier molecular flexibility index (Phi) is 8.70. The quantitative estimate of drug-likeness (QED) is 0.183. The van der Waals surface area contributed by atoms with Gasteiger partial charge in [-0.3, -0.25) is 33.0 Å². The third kappa shape index (κ3) is 6.16. The fourth-order valence-electron chi connectivity index (χ4n) is 4.99. The number of benzene rings is 3. The maximum atomic E-state index is 13.3. The van der Waals surface area contributed by atoms with E-state index < -0.39 is 28.2 Å². The number of amides is 2. The fourth-order valence-corrected chi connectivity index (χ4v) is 6.29. The van der Waals surface area contributed by atoms with Gasteiger partial charge in [-0.15, -0.1) is 0 Å². The van der Waals surface area contributed by atoms with Crippen LogP contribution in [0.2, 0.25) is 10.0 Å². The SMILES string of the molecule is COc1cc(/C=C2\SC(=O)N(Cc3ccc(F)cc3)C2=O)ccc1Oc1nc2c(c(=O)n(C)c(=O)n2C)n1Cc1ccc(Cl)cc1Cl. The Balaban J connectivity index is 1.34. The molecule has 0 spiro atoms. The minimum Gasteiger partial charge on any atom is -0.493 e. The van der Waals surface area contributed by atoms with Crippen molar-refractivity contribution in [1.82, 2.24) is 23.6 Å². The highest BCUT2D eigenvalue weighted by Gasteiger charge is 2.35. The van der Waals surface area contributed by atoms with Crippen LogP contribution in [-0.2, 0) is 32.0 Å². The first-order valence-electron chi connectivity index (χ1n) is 13.9. The molecule has 0 saturated carbocycles. The van der Waals surface area contributed by atoms with Gasteiger partial charge in [-0.1, -0.05) is 47.5 Å². The van der Waals surface area contributed by atoms with E-state index in [2.05, 4.69) is 4.98 Å². The van der Waals surface area contributed by atoms with Gasteiger partial charge in [0.15, 0.2) is 22.7 Å². The second-order valence-corrected chi connectivity index (χ2v) is 12.3. The van der Waals surface area contributed by atoms with Crippen molar-refractivity contribution in [3.63, 3.8) is 0 Å². The van der Waals surface area contributed by atoms with Crippen molar-refractivity contribution in [3.8, 4) is 17.5 Å². The first-order chi connectivity index (χ1) is 22.4. The molecule has 1 fully saturated rings. The fraction of sp³-hybridized carbons (Fsp3) is 0.156. The monoisotopic (exact) mass is 695 g/mol. The molecule has 0 N–H and O–H groups in total. The molecule has 0 aliphatic carbocycles. The Bertz CT molecular complexity index is 2250. The average Bonchev–Trinajstić information content (AvgIpc) is 3.53. The van der Waals surface area contributed by atoms with Crippen LogP contribution in [0, 0.1) is 5.82 Å². The number of aromatic nitrogens is 4. The molecule has 1 saturated heterocycles. The molecule has 15 heteroatoms. The molecule has 3 heterocycles. The number of hydrogen-bond donors (Lipinski definition) is 0. The molecule has 6 rings (SSSR count). The van der Waals surface area contributed by atoms with E-state index in [1.807, 2.05) is 0 Å². The van der Waals surface area contributed by atoms with Crippen LogP contribution in [0.5, 0.6) is 17.5 Å². The number of fused-ring (bicyclic) bond motifs is 1. The predicted molar refractivity (Wildman–Crippen MR) is 177 cm³/mol. The first kappa shape index (κ1) is 32.1. The van der Waals surface area contributed by atoms with Crippen LogP contribution in [0.15, 0.2) is 75.2 Å². The van der Waals surface area contributed by atoms with Crippen LogP contribution in [0.3, 0.4) is 0 Å². The largest absolute Gasteiger partial charge is 0.493 e. The number of nitrogens with zero attached hydrogens (tertiary/aromatic N) is 5. The summed E-state index contributed by atoms with van der Waals surface area (Å²) in [5.74, 6) is -0.420. The van der Waals surface area contributed by atoms with Crippen molar-refractivity contribution in [1.29, 1.82) is 0 Å². The number of halogens is 3. The zero-order valence-electron chi connectivity index (χ0n) is 25.0. The van der Waals surface area contributed by atoms with E-state index in [9.17, 15) is 23.6 Å². The number of methoxy groups -OCH3 is 1. The van der Waals surface area contributed by atoms with E-state index in [4.69, 9.17) is 32.7 Å². The van der Waals surface area contributed by atoms with Gasteiger partial charge < -0.3 is 9.47 Å². The zero-order valence-corrected chi connectivity index (χ0v) is 27.3. The van der Waals surface area contributed by atoms with Gasteiger partial charge in [0.1, 0.15) is 5.82 Å². The summed E-state index contributed by atoms with van der Waals surface area (Å²) >= 11 is 13.3. The Morgan fingerprint density at radius 1 is 0.915 bits per heavy atom. The van der Waals surface area contributed by atoms with E-state index in [1.54, 1.807) is 42.5 Å². The van der Waals surface area contributed by atoms with Crippen LogP contribution < -0.4 is 20.7 Å². The third-order valence-corrected chi connectivity index (χ3v) is 8.97. The maximum absolute atomic E-state index is 13.3. The summed E-state index contributed by atoms with van der Waals surface area (Å²) in [7, 11) is 4.30. The summed E-state index contributed by atoms with van der Waals surface area (Å²) in [4.78, 5) is 57.5. The molecule has 11 nitrogen and oxygen atoms in total. The lowest BCUT2D eigenvalue weighted by atomic mass is 10.1. The minimum absolute atomic E-state index is 0.00925. The molecule has 2 amide bonds. The molecule has 0 bridgehead atoms. The van der Waals surface area contributed by atoms with Crippen molar-refractivity contribution >= 4 is 63.4 Å². The van der Waals surface area contributed by atoms with Gasteiger partial charge in [0.05, 0.1) is 25.1 Å². The standard InChI is InChI=1S/C32H24Cl2FN5O6S/c1-37-27-26(29(42)38(2)31(37)43)39(16-19-7-8-20(33)14-22(19)34)30(36-27)46-23-11-6-18(12-24(23)45-3)13-25-28(41)40(32(44)47-25)15-17-4-9-21(35)10-5-17/h4-14H,15-16H2,1-3H3/b25-13-. The predicted octanol–water partition coefficient (Wildman–Crippen LogP) is 5.97. The lowest BCUT2D eigenvalue weighted by molar-refractivity contribution is -0.123. The van der Waals surface area contributed by atoms with Crippen LogP contribution in [0.1, 0.15) is 16.7 Å². The molecule has 240 valence electrons. The third-order valence-electron chi connectivity index (χ3n) is 7.47. The number of imide groups is 1. The molecule has 1 aliphatic rings. The topological polar surface area (TPSA) is 118 Å². The Morgan fingerprint density at radius 3 is 2.36 bits per heavy atom. The van der Waals surface area contributed by atoms with E-state index >= 15 is 0 Å². The van der Waals surface area contributed by atoms with E-state index in [1.165, 1.54) is 54.6 Å². The molecule has 5 aromatic rings. The number of rotatable bonds is 8. The number of thioether (sulfide) groups is 1. The van der Waals surface area contributed by atoms with Gasteiger partial charge >= 0.3 is 11.7 Å². The number of hydrogen-bond acceptors (Lipinski definition) is 8. The molecular formula is C32H24Cl2FN5O6S. The molecular weight excluding hydrogens is 672 g/mol. The maximum Gasteiger partial charge on any atom is 0.332 e. The van der Waals surface area contributed by atoms with E-state index in [-0.39, 0.29) is 46.7 Å². The second-order valence-electron chi connectivity index (χ2n) is 10.5. The summed E-state index contributed by atoms with van der Waals surface area (Å²) in [6.07, 6.45) is 1.55. The summed E-state index contributed by atoms with van der Waals surface area (Å²) in [5, 5.41) is 0.347. The molecule has 0 atom stereocenters. The van der Waals surface area contributed by atoms with Gasteiger partial charge in [0, 0.05) is 24.1 Å². The zero-order chi connectivity index (χ0) is 33.6. The Hall–Kier alpha value is -4.85. The van der Waals surface area contributed by atoms with Gasteiger partial charge in [-0.25, -0.2) is 9.18 Å². The number of ether oxygens (including phenoxy) is 2. The number of carbonyl (C=O) groups is 2. The smallest absolute Gasteiger partial charge is 0.332 e. The number of carbonyl (C=O) groups excluding carboxylic acids is 2. The van der Waals surface area contributed by atoms with Crippen LogP contribution in [0.25, 0.3) is 17.2 Å². The van der Waals surface area contributed by atoms with Gasteiger partial charge in [0.25, 0.3) is 16.7 Å². The van der Waals surface area contributed by atoms with Gasteiger partial charge in [-0.05, 0) is 70.9 Å². The van der Waals surface area contributed by atoms with Crippen LogP contribution in [-0.4, -0.2) is 41.8 Å². The molecule has 47 heavy (non-hydrogen) atoms. The highest BCUT2D eigenvalue weighted by Crippen LogP contribution is 2.37. The Labute approximate surface area is 280 Å². The van der Waals surface area contributed by atoms with Crippen molar-refractivity contribution in [3.05, 3.63) is 119 Å². The number of imidazole rings is 1. The van der Waals surface area contributed by atoms with E-state index in [0.717, 1.165) is 21.2 Å². The highest BCUT2D eigenvalue weighted by atomic mass is 35.5. The Morgan fingerprint density at radius 2 is 1.66 bits per heavy atom. The summed E-state index contributed by atoms with van der Waals surface area (Å²) < 4.78 is 28.8. The van der Waals surface area contributed by atoms with Crippen LogP contribution in [0.4, 0.5) is 9.18 Å². The molecule has 0 unspecified atom stereocenters. The summed E-state index contributed by atoms with van der Waals surface area (Å²) in [5.41, 5.74) is 0.845. The normalized spacial score (nSPS) is 14.1. The van der Waals surface area contributed by atoms with Crippen molar-refractivity contribution in [2.45, 2.75) is 13.1 Å². The molecule has 2 aromatic heterocycles. The molecule has 0 radical (unpaired) electrons. The average molecular weight is 697 g/mol. The molecule has 1 aliphatic heterocycles. The summed E-state index contributed by atoms with van der Waals surface area (Å²) in [6.45, 7) is 0.0683. The van der Waals surface area contributed by atoms with Gasteiger partial charge in [-0.2, -0.15) is 4.98 Å². The van der Waals surface area contributed by atoms with Gasteiger partial charge in [0.2, 0.25) is 0 Å². The van der Waals surface area contributed by atoms with Crippen LogP contribution >= 0.6 is 35.0 Å². The lowest BCUT2D eigenvalue weighted by Gasteiger charge is -2.14. The van der Waals surface area contributed by atoms with Crippen molar-refractivity contribution < 1.29 is 23.5 Å². The molecule has 3 aromatic carbocycles. The lowest BCUT2D eigenvalue weighted by Crippen LogP contribution is -2.37. The van der Waals surface area contributed by atoms with Crippen molar-refractivity contribution in [2.75, 3.05) is 7.11 Å². The number of aryl methyl sites for hydroxylation is 1. The summed E-state index contributed by atoms with van der Waals surface area (Å²) in [6, 6.07) is 15.4. The second kappa shape index (κ2) is 12.7. The van der Waals surface area contributed by atoms with Crippen molar-refractivity contribution in [2.24, 2.45) is 14.1 Å². The highest BCUT2D eigenvalue weighted by molar-refractivity contribution is 8.18. The van der Waals surface area contributed by atoms with E-state index in [0.29, 0.717) is 26.7 Å². The first-order valence-corrected chi connectivity index (χ1v) is 15.5.